The quantitative estimate of drug-likeness (QED) is 0.246. The summed E-state index contributed by atoms with van der Waals surface area (Å²) in [6.07, 6.45) is 1.31. The second-order valence-corrected chi connectivity index (χ2v) is 11.4. The number of benzene rings is 2. The van der Waals surface area contributed by atoms with Crippen molar-refractivity contribution in [3.8, 4) is 17.1 Å². The van der Waals surface area contributed by atoms with E-state index in [9.17, 15) is 14.4 Å². The van der Waals surface area contributed by atoms with Crippen LogP contribution in [-0.2, 0) is 14.3 Å². The summed E-state index contributed by atoms with van der Waals surface area (Å²) in [7, 11) is 1.57. The minimum atomic E-state index is -0.753. The third-order valence-electron chi connectivity index (χ3n) is 6.66. The van der Waals surface area contributed by atoms with Crippen molar-refractivity contribution in [1.29, 1.82) is 0 Å². The van der Waals surface area contributed by atoms with Crippen LogP contribution in [0.25, 0.3) is 17.4 Å². The molecule has 0 aliphatic carbocycles. The van der Waals surface area contributed by atoms with Gasteiger partial charge in [-0.1, -0.05) is 35.1 Å². The van der Waals surface area contributed by atoms with E-state index in [1.807, 2.05) is 12.1 Å². The molecule has 0 radical (unpaired) electrons. The number of esters is 2. The number of thiazole rings is 1. The van der Waals surface area contributed by atoms with Gasteiger partial charge in [0, 0.05) is 16.7 Å². The highest BCUT2D eigenvalue weighted by Gasteiger charge is 2.33. The first-order valence-corrected chi connectivity index (χ1v) is 14.7. The molecule has 9 nitrogen and oxygen atoms in total. The minimum absolute atomic E-state index is 0.180. The topological polar surface area (TPSA) is 109 Å². The van der Waals surface area contributed by atoms with Gasteiger partial charge in [-0.15, -0.1) is 0 Å². The fourth-order valence-corrected chi connectivity index (χ4v) is 5.97. The van der Waals surface area contributed by atoms with Gasteiger partial charge >= 0.3 is 11.9 Å². The van der Waals surface area contributed by atoms with Gasteiger partial charge in [-0.25, -0.2) is 14.6 Å². The number of carbonyl (C=O) groups excluding carboxylic acids is 2. The van der Waals surface area contributed by atoms with Crippen molar-refractivity contribution in [1.82, 2.24) is 4.57 Å². The summed E-state index contributed by atoms with van der Waals surface area (Å²) in [6.45, 7) is 7.17. The predicted molar refractivity (Wildman–Crippen MR) is 163 cm³/mol. The van der Waals surface area contributed by atoms with Gasteiger partial charge < -0.3 is 18.6 Å². The monoisotopic (exact) mass is 620 g/mol. The Morgan fingerprint density at radius 3 is 2.53 bits per heavy atom. The largest absolute Gasteiger partial charge is 0.497 e. The van der Waals surface area contributed by atoms with E-state index < -0.39 is 18.0 Å². The number of halogens is 1. The number of nitrogens with zero attached hydrogens (tertiary/aromatic N) is 2. The number of aromatic nitrogens is 1. The van der Waals surface area contributed by atoms with Gasteiger partial charge in [0.25, 0.3) is 5.56 Å². The standard InChI is InChI=1S/C32H29ClN2O7S/c1-6-40-31(38)27-18(4)34-32-35(28(27)19-7-10-21(39-5)11-8-19)29(36)26(43-32)16-22-12-14-25(42-22)24-15-20(33)9-13-23(24)30(37)41-17(2)3/h7-17,28H,6H2,1-5H3/b26-16+/t28-/m0/s1. The van der Waals surface area contributed by atoms with Crippen LogP contribution in [0.5, 0.6) is 5.75 Å². The van der Waals surface area contributed by atoms with Crippen molar-refractivity contribution in [3.05, 3.63) is 107 Å². The van der Waals surface area contributed by atoms with E-state index in [1.54, 1.807) is 83.3 Å². The van der Waals surface area contributed by atoms with Crippen molar-refractivity contribution in [3.63, 3.8) is 0 Å². The number of allylic oxidation sites excluding steroid dienone is 1. The number of furan rings is 1. The molecule has 0 saturated carbocycles. The fraction of sp³-hybridized carbons (Fsp3) is 0.250. The molecular weight excluding hydrogens is 592 g/mol. The summed E-state index contributed by atoms with van der Waals surface area (Å²) in [4.78, 5) is 44.7. The second-order valence-electron chi connectivity index (χ2n) is 9.92. The van der Waals surface area contributed by atoms with Crippen LogP contribution in [0.4, 0.5) is 0 Å². The Bertz CT molecular complexity index is 1920. The van der Waals surface area contributed by atoms with Crippen LogP contribution in [-0.4, -0.2) is 36.3 Å². The summed E-state index contributed by atoms with van der Waals surface area (Å²) in [5, 5.41) is 0.425. The third kappa shape index (κ3) is 6.07. The maximum Gasteiger partial charge on any atom is 0.339 e. The van der Waals surface area contributed by atoms with Gasteiger partial charge in [-0.3, -0.25) is 9.36 Å². The van der Waals surface area contributed by atoms with E-state index in [2.05, 4.69) is 4.99 Å². The molecule has 1 atom stereocenters. The van der Waals surface area contributed by atoms with Crippen LogP contribution >= 0.6 is 22.9 Å². The molecule has 3 heterocycles. The first kappa shape index (κ1) is 30.1. The molecular formula is C32H29ClN2O7S. The van der Waals surface area contributed by atoms with Gasteiger partial charge in [-0.2, -0.15) is 0 Å². The van der Waals surface area contributed by atoms with Gasteiger partial charge in [0.2, 0.25) is 0 Å². The normalized spacial score (nSPS) is 14.9. The molecule has 5 rings (SSSR count). The Morgan fingerprint density at radius 2 is 1.86 bits per heavy atom. The number of fused-ring (bicyclic) bond motifs is 1. The summed E-state index contributed by atoms with van der Waals surface area (Å²) in [6, 6.07) is 14.6. The number of methoxy groups -OCH3 is 1. The highest BCUT2D eigenvalue weighted by Crippen LogP contribution is 2.32. The molecule has 0 unspecified atom stereocenters. The first-order valence-electron chi connectivity index (χ1n) is 13.6. The van der Waals surface area contributed by atoms with Crippen LogP contribution in [0.3, 0.4) is 0 Å². The Hall–Kier alpha value is -4.41. The zero-order valence-corrected chi connectivity index (χ0v) is 25.7. The molecule has 0 spiro atoms. The summed E-state index contributed by atoms with van der Waals surface area (Å²) >= 11 is 7.42. The number of ether oxygens (including phenoxy) is 3. The van der Waals surface area contributed by atoms with E-state index in [0.717, 1.165) is 0 Å². The van der Waals surface area contributed by atoms with Crippen LogP contribution in [0, 0.1) is 0 Å². The Morgan fingerprint density at radius 1 is 1.12 bits per heavy atom. The van der Waals surface area contributed by atoms with E-state index in [0.29, 0.717) is 54.0 Å². The number of hydrogen-bond acceptors (Lipinski definition) is 9. The third-order valence-corrected chi connectivity index (χ3v) is 7.88. The molecule has 1 aliphatic heterocycles. The van der Waals surface area contributed by atoms with Crippen LogP contribution in [0.1, 0.15) is 55.4 Å². The molecule has 1 aliphatic rings. The molecule has 0 amide bonds. The van der Waals surface area contributed by atoms with Crippen LogP contribution < -0.4 is 19.6 Å². The van der Waals surface area contributed by atoms with Gasteiger partial charge in [0.1, 0.15) is 17.3 Å². The highest BCUT2D eigenvalue weighted by molar-refractivity contribution is 7.07. The fourth-order valence-electron chi connectivity index (χ4n) is 4.77. The molecule has 222 valence electrons. The molecule has 4 aromatic rings. The van der Waals surface area contributed by atoms with Crippen molar-refractivity contribution in [2.24, 2.45) is 4.99 Å². The summed E-state index contributed by atoms with van der Waals surface area (Å²) in [5.41, 5.74) is 1.88. The lowest BCUT2D eigenvalue weighted by atomic mass is 9.96. The first-order chi connectivity index (χ1) is 20.6. The smallest absolute Gasteiger partial charge is 0.339 e. The average molecular weight is 621 g/mol. The average Bonchev–Trinajstić information content (AvgIpc) is 3.56. The molecule has 0 N–H and O–H groups in total. The summed E-state index contributed by atoms with van der Waals surface area (Å²) in [5.74, 6) is 0.366. The predicted octanol–water partition coefficient (Wildman–Crippen LogP) is 5.29. The Kier molecular flexibility index (Phi) is 8.70. The van der Waals surface area contributed by atoms with Gasteiger partial charge in [0.05, 0.1) is 47.2 Å². The molecule has 43 heavy (non-hydrogen) atoms. The minimum Gasteiger partial charge on any atom is -0.497 e. The van der Waals surface area contributed by atoms with Gasteiger partial charge in [-0.05, 0) is 75.7 Å². The lowest BCUT2D eigenvalue weighted by Gasteiger charge is -2.24. The van der Waals surface area contributed by atoms with Crippen molar-refractivity contribution in [2.75, 3.05) is 13.7 Å². The lowest BCUT2D eigenvalue weighted by Crippen LogP contribution is -2.39. The molecule has 2 aromatic carbocycles. The van der Waals surface area contributed by atoms with Gasteiger partial charge in [0.15, 0.2) is 4.80 Å². The zero-order valence-electron chi connectivity index (χ0n) is 24.2. The molecule has 0 bridgehead atoms. The van der Waals surface area contributed by atoms with E-state index in [-0.39, 0.29) is 23.8 Å². The van der Waals surface area contributed by atoms with E-state index in [4.69, 9.17) is 30.2 Å². The molecule has 0 fully saturated rings. The van der Waals surface area contributed by atoms with E-state index >= 15 is 0 Å². The number of rotatable bonds is 8. The number of hydrogen-bond donors (Lipinski definition) is 0. The maximum atomic E-state index is 13.9. The van der Waals surface area contributed by atoms with Crippen LogP contribution in [0.15, 0.2) is 80.1 Å². The van der Waals surface area contributed by atoms with Crippen molar-refractivity contribution < 1.29 is 28.2 Å². The zero-order chi connectivity index (χ0) is 30.8. The molecule has 11 heteroatoms. The summed E-state index contributed by atoms with van der Waals surface area (Å²) < 4.78 is 23.9. The van der Waals surface area contributed by atoms with E-state index in [1.165, 1.54) is 15.9 Å². The Balaban J connectivity index is 1.60. The lowest BCUT2D eigenvalue weighted by molar-refractivity contribution is -0.139. The van der Waals surface area contributed by atoms with Crippen molar-refractivity contribution in [2.45, 2.75) is 39.8 Å². The van der Waals surface area contributed by atoms with Crippen molar-refractivity contribution >= 4 is 41.0 Å². The maximum absolute atomic E-state index is 13.9. The van der Waals surface area contributed by atoms with Crippen LogP contribution in [0.2, 0.25) is 5.02 Å². The number of carbonyl (C=O) groups is 2. The second kappa shape index (κ2) is 12.4. The highest BCUT2D eigenvalue weighted by atomic mass is 35.5. The SMILES string of the molecule is CCOC(=O)C1=C(C)N=c2s/c(=C/c3ccc(-c4cc(Cl)ccc4C(=O)OC(C)C)o3)c(=O)n2[C@H]1c1ccc(OC)cc1. The molecule has 0 saturated heterocycles. The Labute approximate surface area is 256 Å². The molecule has 2 aromatic heterocycles.